The lowest BCUT2D eigenvalue weighted by molar-refractivity contribution is 0.173. The van der Waals surface area contributed by atoms with Gasteiger partial charge in [0.05, 0.1) is 20.3 Å². The van der Waals surface area contributed by atoms with Crippen molar-refractivity contribution in [2.45, 2.75) is 58.5 Å². The summed E-state index contributed by atoms with van der Waals surface area (Å²) in [5.74, 6) is 1.65. The van der Waals surface area contributed by atoms with E-state index in [1.54, 1.807) is 14.2 Å². The summed E-state index contributed by atoms with van der Waals surface area (Å²) in [6.45, 7) is 4.17. The van der Waals surface area contributed by atoms with Crippen molar-refractivity contribution < 1.29 is 14.6 Å². The van der Waals surface area contributed by atoms with Crippen molar-refractivity contribution in [3.05, 3.63) is 23.3 Å². The van der Waals surface area contributed by atoms with Crippen LogP contribution < -0.4 is 9.47 Å². The molecule has 0 bridgehead atoms. The van der Waals surface area contributed by atoms with Crippen LogP contribution in [0.3, 0.4) is 0 Å². The molecule has 1 aromatic rings. The van der Waals surface area contributed by atoms with Gasteiger partial charge in [0.15, 0.2) is 0 Å². The Morgan fingerprint density at radius 3 is 2.05 bits per heavy atom. The first-order chi connectivity index (χ1) is 9.67. The minimum Gasteiger partial charge on any atom is -0.496 e. The summed E-state index contributed by atoms with van der Waals surface area (Å²) in [6.07, 6.45) is 6.02. The Balaban J connectivity index is 2.96. The SMILES string of the molecule is CCCCCCc1c(OC)cc(C(O)CC)cc1OC. The highest BCUT2D eigenvalue weighted by atomic mass is 16.5. The maximum absolute atomic E-state index is 10.00. The molecule has 1 unspecified atom stereocenters. The second kappa shape index (κ2) is 8.85. The van der Waals surface area contributed by atoms with Crippen molar-refractivity contribution in [2.75, 3.05) is 14.2 Å². The van der Waals surface area contributed by atoms with E-state index in [0.29, 0.717) is 6.42 Å². The number of hydrogen-bond donors (Lipinski definition) is 1. The molecular formula is C17H28O3. The van der Waals surface area contributed by atoms with Gasteiger partial charge in [0, 0.05) is 5.56 Å². The molecule has 1 rings (SSSR count). The molecule has 0 saturated heterocycles. The molecule has 1 aromatic carbocycles. The van der Waals surface area contributed by atoms with E-state index in [-0.39, 0.29) is 0 Å². The average Bonchev–Trinajstić information content (AvgIpc) is 2.50. The first-order valence-electron chi connectivity index (χ1n) is 7.60. The highest BCUT2D eigenvalue weighted by Gasteiger charge is 2.15. The Hall–Kier alpha value is -1.22. The van der Waals surface area contributed by atoms with E-state index in [4.69, 9.17) is 9.47 Å². The maximum atomic E-state index is 10.00. The third-order valence-corrected chi connectivity index (χ3v) is 3.68. The van der Waals surface area contributed by atoms with E-state index in [1.165, 1.54) is 19.3 Å². The Morgan fingerprint density at radius 2 is 1.60 bits per heavy atom. The summed E-state index contributed by atoms with van der Waals surface area (Å²) < 4.78 is 11.0. The Morgan fingerprint density at radius 1 is 1.00 bits per heavy atom. The largest absolute Gasteiger partial charge is 0.496 e. The lowest BCUT2D eigenvalue weighted by Crippen LogP contribution is -2.02. The number of hydrogen-bond acceptors (Lipinski definition) is 3. The quantitative estimate of drug-likeness (QED) is 0.686. The fourth-order valence-electron chi connectivity index (χ4n) is 2.41. The molecule has 3 nitrogen and oxygen atoms in total. The topological polar surface area (TPSA) is 38.7 Å². The lowest BCUT2D eigenvalue weighted by Gasteiger charge is -2.17. The van der Waals surface area contributed by atoms with Crippen LogP contribution in [-0.2, 0) is 6.42 Å². The number of benzene rings is 1. The van der Waals surface area contributed by atoms with E-state index in [2.05, 4.69) is 6.92 Å². The zero-order valence-corrected chi connectivity index (χ0v) is 13.2. The summed E-state index contributed by atoms with van der Waals surface area (Å²) in [5, 5.41) is 10.00. The zero-order valence-electron chi connectivity index (χ0n) is 13.2. The Bertz CT molecular complexity index is 376. The maximum Gasteiger partial charge on any atom is 0.126 e. The van der Waals surface area contributed by atoms with Crippen LogP contribution in [0.2, 0.25) is 0 Å². The summed E-state index contributed by atoms with van der Waals surface area (Å²) in [5.41, 5.74) is 1.97. The average molecular weight is 280 g/mol. The molecule has 0 spiro atoms. The summed E-state index contributed by atoms with van der Waals surface area (Å²) in [7, 11) is 3.35. The van der Waals surface area contributed by atoms with Crippen molar-refractivity contribution in [3.8, 4) is 11.5 Å². The summed E-state index contributed by atoms with van der Waals surface area (Å²) in [6, 6.07) is 3.87. The first-order valence-corrected chi connectivity index (χ1v) is 7.60. The van der Waals surface area contributed by atoms with Crippen molar-refractivity contribution in [1.82, 2.24) is 0 Å². The zero-order chi connectivity index (χ0) is 15.0. The van der Waals surface area contributed by atoms with Gasteiger partial charge in [-0.25, -0.2) is 0 Å². The van der Waals surface area contributed by atoms with Gasteiger partial charge in [-0.15, -0.1) is 0 Å². The minimum absolute atomic E-state index is 0.466. The van der Waals surface area contributed by atoms with Crippen LogP contribution in [0, 0.1) is 0 Å². The smallest absolute Gasteiger partial charge is 0.126 e. The molecule has 0 radical (unpaired) electrons. The van der Waals surface area contributed by atoms with Gasteiger partial charge in [-0.05, 0) is 37.0 Å². The number of ether oxygens (including phenoxy) is 2. The van der Waals surface area contributed by atoms with Gasteiger partial charge in [0.2, 0.25) is 0 Å². The summed E-state index contributed by atoms with van der Waals surface area (Å²) in [4.78, 5) is 0. The van der Waals surface area contributed by atoms with Crippen LogP contribution in [0.25, 0.3) is 0 Å². The van der Waals surface area contributed by atoms with Crippen molar-refractivity contribution >= 4 is 0 Å². The second-order valence-corrected chi connectivity index (χ2v) is 5.14. The fourth-order valence-corrected chi connectivity index (χ4v) is 2.41. The number of methoxy groups -OCH3 is 2. The molecule has 0 saturated carbocycles. The van der Waals surface area contributed by atoms with E-state index in [0.717, 1.165) is 35.5 Å². The standard InChI is InChI=1S/C17H28O3/c1-5-7-8-9-10-14-16(19-3)11-13(15(18)6-2)12-17(14)20-4/h11-12,15,18H,5-10H2,1-4H3. The minimum atomic E-state index is -0.466. The molecule has 0 aliphatic rings. The van der Waals surface area contributed by atoms with Gasteiger partial charge < -0.3 is 14.6 Å². The predicted molar refractivity (Wildman–Crippen MR) is 82.6 cm³/mol. The van der Waals surface area contributed by atoms with Crippen LogP contribution in [0.5, 0.6) is 11.5 Å². The van der Waals surface area contributed by atoms with Gasteiger partial charge >= 0.3 is 0 Å². The Labute approximate surface area is 122 Å². The van der Waals surface area contributed by atoms with Gasteiger partial charge in [0.25, 0.3) is 0 Å². The van der Waals surface area contributed by atoms with Crippen LogP contribution >= 0.6 is 0 Å². The second-order valence-electron chi connectivity index (χ2n) is 5.14. The van der Waals surface area contributed by atoms with Crippen molar-refractivity contribution in [2.24, 2.45) is 0 Å². The Kier molecular flexibility index (Phi) is 7.45. The number of unbranched alkanes of at least 4 members (excludes halogenated alkanes) is 3. The third kappa shape index (κ3) is 4.41. The molecule has 0 aliphatic carbocycles. The normalized spacial score (nSPS) is 12.2. The molecular weight excluding hydrogens is 252 g/mol. The van der Waals surface area contributed by atoms with Crippen LogP contribution in [0.4, 0.5) is 0 Å². The van der Waals surface area contributed by atoms with E-state index in [9.17, 15) is 5.11 Å². The third-order valence-electron chi connectivity index (χ3n) is 3.68. The molecule has 114 valence electrons. The molecule has 0 amide bonds. The molecule has 1 atom stereocenters. The number of rotatable bonds is 9. The van der Waals surface area contributed by atoms with Crippen molar-refractivity contribution in [1.29, 1.82) is 0 Å². The van der Waals surface area contributed by atoms with Crippen LogP contribution in [0.15, 0.2) is 12.1 Å². The van der Waals surface area contributed by atoms with Gasteiger partial charge in [-0.1, -0.05) is 33.1 Å². The van der Waals surface area contributed by atoms with Gasteiger partial charge in [-0.3, -0.25) is 0 Å². The molecule has 20 heavy (non-hydrogen) atoms. The lowest BCUT2D eigenvalue weighted by atomic mass is 9.99. The van der Waals surface area contributed by atoms with Gasteiger partial charge in [-0.2, -0.15) is 0 Å². The van der Waals surface area contributed by atoms with E-state index < -0.39 is 6.10 Å². The molecule has 0 fully saturated rings. The molecule has 0 aromatic heterocycles. The van der Waals surface area contributed by atoms with Crippen molar-refractivity contribution in [3.63, 3.8) is 0 Å². The first kappa shape index (κ1) is 16.8. The van der Waals surface area contributed by atoms with E-state index in [1.807, 2.05) is 19.1 Å². The highest BCUT2D eigenvalue weighted by molar-refractivity contribution is 5.48. The molecule has 1 N–H and O–H groups in total. The van der Waals surface area contributed by atoms with Crippen LogP contribution in [-0.4, -0.2) is 19.3 Å². The molecule has 0 heterocycles. The summed E-state index contributed by atoms with van der Waals surface area (Å²) >= 11 is 0. The molecule has 0 aliphatic heterocycles. The number of aliphatic hydroxyl groups excluding tert-OH is 1. The monoisotopic (exact) mass is 280 g/mol. The fraction of sp³-hybridized carbons (Fsp3) is 0.647. The van der Waals surface area contributed by atoms with Crippen LogP contribution in [0.1, 0.15) is 63.2 Å². The number of aliphatic hydroxyl groups is 1. The molecule has 3 heteroatoms. The van der Waals surface area contributed by atoms with Gasteiger partial charge in [0.1, 0.15) is 11.5 Å². The van der Waals surface area contributed by atoms with E-state index >= 15 is 0 Å². The predicted octanol–water partition coefficient (Wildman–Crippen LogP) is 4.27. The highest BCUT2D eigenvalue weighted by Crippen LogP contribution is 2.34.